The van der Waals surface area contributed by atoms with Crippen molar-refractivity contribution in [1.29, 1.82) is 0 Å². The van der Waals surface area contributed by atoms with Gasteiger partial charge in [-0.15, -0.1) is 11.6 Å². The van der Waals surface area contributed by atoms with Crippen LogP contribution < -0.4 is 5.32 Å². The fourth-order valence-electron chi connectivity index (χ4n) is 1.39. The Kier molecular flexibility index (Phi) is 6.22. The fraction of sp³-hybridized carbons (Fsp3) is 0.385. The van der Waals surface area contributed by atoms with Gasteiger partial charge in [0.15, 0.2) is 0 Å². The Morgan fingerprint density at radius 3 is 2.83 bits per heavy atom. The highest BCUT2D eigenvalue weighted by Gasteiger charge is 2.08. The number of benzene rings is 1. The van der Waals surface area contributed by atoms with Gasteiger partial charge in [0.1, 0.15) is 0 Å². The van der Waals surface area contributed by atoms with Crippen LogP contribution in [0.2, 0.25) is 0 Å². The third kappa shape index (κ3) is 4.75. The second-order valence-electron chi connectivity index (χ2n) is 3.64. The van der Waals surface area contributed by atoms with Gasteiger partial charge in [-0.2, -0.15) is 0 Å². The Bertz CT molecular complexity index is 420. The zero-order valence-electron chi connectivity index (χ0n) is 10.2. The van der Waals surface area contributed by atoms with Crippen LogP contribution in [0.15, 0.2) is 24.3 Å². The number of anilines is 1. The van der Waals surface area contributed by atoms with E-state index in [1.54, 1.807) is 31.2 Å². The number of esters is 1. The maximum atomic E-state index is 11.5. The maximum absolute atomic E-state index is 11.5. The molecule has 0 spiro atoms. The molecule has 0 aliphatic carbocycles. The minimum Gasteiger partial charge on any atom is -0.462 e. The molecule has 0 unspecified atom stereocenters. The Morgan fingerprint density at radius 1 is 1.39 bits per heavy atom. The molecule has 0 saturated carbocycles. The zero-order valence-corrected chi connectivity index (χ0v) is 11.0. The summed E-state index contributed by atoms with van der Waals surface area (Å²) in [4.78, 5) is 23.0. The van der Waals surface area contributed by atoms with Gasteiger partial charge >= 0.3 is 5.97 Å². The van der Waals surface area contributed by atoms with Gasteiger partial charge in [0.05, 0.1) is 12.2 Å². The average Bonchev–Trinajstić information content (AvgIpc) is 2.37. The number of carbonyl (C=O) groups is 2. The van der Waals surface area contributed by atoms with Gasteiger partial charge in [-0.05, 0) is 31.5 Å². The molecule has 1 aromatic carbocycles. The smallest absolute Gasteiger partial charge is 0.338 e. The lowest BCUT2D eigenvalue weighted by Gasteiger charge is -2.06. The lowest BCUT2D eigenvalue weighted by atomic mass is 10.2. The van der Waals surface area contributed by atoms with E-state index in [0.29, 0.717) is 36.6 Å². The summed E-state index contributed by atoms with van der Waals surface area (Å²) in [7, 11) is 0. The van der Waals surface area contributed by atoms with Crippen LogP contribution in [-0.2, 0) is 9.53 Å². The number of carbonyl (C=O) groups excluding carboxylic acids is 2. The summed E-state index contributed by atoms with van der Waals surface area (Å²) in [6.45, 7) is 2.07. The molecular weight excluding hydrogens is 254 g/mol. The molecule has 0 aliphatic rings. The molecule has 1 N–H and O–H groups in total. The summed E-state index contributed by atoms with van der Waals surface area (Å²) < 4.78 is 4.88. The van der Waals surface area contributed by atoms with Gasteiger partial charge in [-0.1, -0.05) is 6.07 Å². The molecule has 1 rings (SSSR count). The number of nitrogens with one attached hydrogen (secondary N) is 1. The number of amides is 1. The Labute approximate surface area is 111 Å². The Morgan fingerprint density at radius 2 is 2.17 bits per heavy atom. The highest BCUT2D eigenvalue weighted by molar-refractivity contribution is 6.18. The van der Waals surface area contributed by atoms with Gasteiger partial charge in [0.2, 0.25) is 5.91 Å². The van der Waals surface area contributed by atoms with Crippen molar-refractivity contribution < 1.29 is 14.3 Å². The van der Waals surface area contributed by atoms with Gasteiger partial charge in [0.25, 0.3) is 0 Å². The predicted molar refractivity (Wildman–Crippen MR) is 71.0 cm³/mol. The third-order valence-corrected chi connectivity index (χ3v) is 2.46. The zero-order chi connectivity index (χ0) is 13.4. The number of alkyl halides is 1. The van der Waals surface area contributed by atoms with Crippen molar-refractivity contribution in [2.75, 3.05) is 17.8 Å². The topological polar surface area (TPSA) is 55.4 Å². The molecule has 1 amide bonds. The molecule has 5 heteroatoms. The summed E-state index contributed by atoms with van der Waals surface area (Å²) in [6, 6.07) is 6.66. The molecule has 18 heavy (non-hydrogen) atoms. The maximum Gasteiger partial charge on any atom is 0.338 e. The number of rotatable bonds is 6. The van der Waals surface area contributed by atoms with Crippen LogP contribution in [0.4, 0.5) is 5.69 Å². The summed E-state index contributed by atoms with van der Waals surface area (Å²) >= 11 is 5.51. The van der Waals surface area contributed by atoms with Gasteiger partial charge in [-0.25, -0.2) is 4.79 Å². The first kappa shape index (κ1) is 14.5. The first-order chi connectivity index (χ1) is 8.67. The second kappa shape index (κ2) is 7.71. The van der Waals surface area contributed by atoms with Crippen molar-refractivity contribution in [3.8, 4) is 0 Å². The number of hydrogen-bond acceptors (Lipinski definition) is 3. The van der Waals surface area contributed by atoms with E-state index >= 15 is 0 Å². The molecule has 98 valence electrons. The highest BCUT2D eigenvalue weighted by Crippen LogP contribution is 2.12. The predicted octanol–water partition coefficient (Wildman–Crippen LogP) is 2.82. The molecule has 0 bridgehead atoms. The van der Waals surface area contributed by atoms with E-state index in [0.717, 1.165) is 0 Å². The quantitative estimate of drug-likeness (QED) is 0.638. The summed E-state index contributed by atoms with van der Waals surface area (Å²) in [5.41, 5.74) is 1.01. The number of hydrogen-bond donors (Lipinski definition) is 1. The largest absolute Gasteiger partial charge is 0.462 e. The van der Waals surface area contributed by atoms with E-state index in [2.05, 4.69) is 5.32 Å². The summed E-state index contributed by atoms with van der Waals surface area (Å²) in [5.74, 6) is -0.0537. The van der Waals surface area contributed by atoms with Crippen molar-refractivity contribution in [2.24, 2.45) is 0 Å². The van der Waals surface area contributed by atoms with Crippen molar-refractivity contribution >= 4 is 29.2 Å². The Balaban J connectivity index is 2.64. The molecule has 0 heterocycles. The monoisotopic (exact) mass is 269 g/mol. The third-order valence-electron chi connectivity index (χ3n) is 2.19. The summed E-state index contributed by atoms with van der Waals surface area (Å²) in [6.07, 6.45) is 0.998. The standard InChI is InChI=1S/C13H16ClNO3/c1-2-18-13(17)10-5-3-6-11(9-10)15-12(16)7-4-8-14/h3,5-6,9H,2,4,7-8H2,1H3,(H,15,16). The normalized spacial score (nSPS) is 9.89. The van der Waals surface area contributed by atoms with E-state index in [9.17, 15) is 9.59 Å². The van der Waals surface area contributed by atoms with Crippen molar-refractivity contribution in [1.82, 2.24) is 0 Å². The summed E-state index contributed by atoms with van der Waals surface area (Å²) in [5, 5.41) is 2.71. The molecule has 1 aromatic rings. The minimum atomic E-state index is -0.394. The van der Waals surface area contributed by atoms with Gasteiger partial charge in [0, 0.05) is 18.0 Å². The van der Waals surface area contributed by atoms with Gasteiger partial charge in [-0.3, -0.25) is 4.79 Å². The molecule has 4 nitrogen and oxygen atoms in total. The van der Waals surface area contributed by atoms with Crippen LogP contribution in [-0.4, -0.2) is 24.4 Å². The van der Waals surface area contributed by atoms with Crippen molar-refractivity contribution in [3.63, 3.8) is 0 Å². The molecule has 0 saturated heterocycles. The molecule has 0 fully saturated rings. The first-order valence-electron chi connectivity index (χ1n) is 5.80. The first-order valence-corrected chi connectivity index (χ1v) is 6.33. The Hall–Kier alpha value is -1.55. The van der Waals surface area contributed by atoms with Crippen LogP contribution in [0.1, 0.15) is 30.1 Å². The number of halogens is 1. The molecule has 0 aliphatic heterocycles. The number of ether oxygens (including phenoxy) is 1. The molecule has 0 radical (unpaired) electrons. The molecule has 0 atom stereocenters. The van der Waals surface area contributed by atoms with Crippen LogP contribution in [0.25, 0.3) is 0 Å². The molecular formula is C13H16ClNO3. The van der Waals surface area contributed by atoms with Crippen LogP contribution in [0.5, 0.6) is 0 Å². The lowest BCUT2D eigenvalue weighted by Crippen LogP contribution is -2.12. The average molecular weight is 270 g/mol. The van der Waals surface area contributed by atoms with E-state index in [1.807, 2.05) is 0 Å². The van der Waals surface area contributed by atoms with E-state index in [4.69, 9.17) is 16.3 Å². The van der Waals surface area contributed by atoms with E-state index < -0.39 is 5.97 Å². The van der Waals surface area contributed by atoms with Gasteiger partial charge < -0.3 is 10.1 Å². The van der Waals surface area contributed by atoms with Crippen molar-refractivity contribution in [2.45, 2.75) is 19.8 Å². The van der Waals surface area contributed by atoms with Crippen LogP contribution in [0, 0.1) is 0 Å². The molecule has 0 aromatic heterocycles. The minimum absolute atomic E-state index is 0.114. The van der Waals surface area contributed by atoms with E-state index in [-0.39, 0.29) is 5.91 Å². The van der Waals surface area contributed by atoms with Crippen LogP contribution in [0.3, 0.4) is 0 Å². The van der Waals surface area contributed by atoms with E-state index in [1.165, 1.54) is 0 Å². The fourth-order valence-corrected chi connectivity index (χ4v) is 1.52. The van der Waals surface area contributed by atoms with Crippen LogP contribution >= 0.6 is 11.6 Å². The SMILES string of the molecule is CCOC(=O)c1cccc(NC(=O)CCCCl)c1. The lowest BCUT2D eigenvalue weighted by molar-refractivity contribution is -0.116. The highest BCUT2D eigenvalue weighted by atomic mass is 35.5. The second-order valence-corrected chi connectivity index (χ2v) is 4.02. The van der Waals surface area contributed by atoms with Crippen molar-refractivity contribution in [3.05, 3.63) is 29.8 Å².